The Labute approximate surface area is 144 Å². The van der Waals surface area contributed by atoms with Gasteiger partial charge < -0.3 is 10.4 Å². The SMILES string of the molecule is CC1CN(CC(=O)NCC2CC2)CCN1CC(O)c1ccccc1. The van der Waals surface area contributed by atoms with Gasteiger partial charge in [-0.15, -0.1) is 0 Å². The van der Waals surface area contributed by atoms with Crippen LogP contribution in [0.2, 0.25) is 0 Å². The summed E-state index contributed by atoms with van der Waals surface area (Å²) in [6, 6.07) is 10.2. The highest BCUT2D eigenvalue weighted by Gasteiger charge is 2.27. The van der Waals surface area contributed by atoms with Gasteiger partial charge in [-0.05, 0) is 31.2 Å². The quantitative estimate of drug-likeness (QED) is 0.790. The highest BCUT2D eigenvalue weighted by molar-refractivity contribution is 5.78. The van der Waals surface area contributed by atoms with Gasteiger partial charge in [0, 0.05) is 38.8 Å². The molecule has 0 radical (unpaired) electrons. The molecule has 1 aromatic carbocycles. The van der Waals surface area contributed by atoms with Gasteiger partial charge in [0.05, 0.1) is 12.6 Å². The number of piperazine rings is 1. The Bertz CT molecular complexity index is 533. The van der Waals surface area contributed by atoms with Crippen LogP contribution in [0, 0.1) is 5.92 Å². The van der Waals surface area contributed by atoms with Gasteiger partial charge in [-0.1, -0.05) is 30.3 Å². The smallest absolute Gasteiger partial charge is 0.234 e. The minimum Gasteiger partial charge on any atom is -0.387 e. The van der Waals surface area contributed by atoms with Crippen molar-refractivity contribution in [3.8, 4) is 0 Å². The highest BCUT2D eigenvalue weighted by Crippen LogP contribution is 2.27. The number of benzene rings is 1. The molecule has 3 rings (SSSR count). The minimum atomic E-state index is -0.456. The number of carbonyl (C=O) groups is 1. The van der Waals surface area contributed by atoms with Gasteiger partial charge >= 0.3 is 0 Å². The molecule has 2 aliphatic rings. The normalized spacial score (nSPS) is 23.8. The molecule has 1 aliphatic carbocycles. The zero-order valence-corrected chi connectivity index (χ0v) is 14.5. The summed E-state index contributed by atoms with van der Waals surface area (Å²) >= 11 is 0. The van der Waals surface area contributed by atoms with Crippen molar-refractivity contribution in [2.45, 2.75) is 31.9 Å². The van der Waals surface area contributed by atoms with Gasteiger partial charge in [-0.25, -0.2) is 0 Å². The van der Waals surface area contributed by atoms with Gasteiger partial charge in [-0.2, -0.15) is 0 Å². The largest absolute Gasteiger partial charge is 0.387 e. The number of hydrogen-bond donors (Lipinski definition) is 2. The molecular formula is C19H29N3O2. The molecule has 132 valence electrons. The Balaban J connectivity index is 1.42. The molecule has 1 amide bonds. The molecule has 5 nitrogen and oxygen atoms in total. The van der Waals surface area contributed by atoms with Crippen LogP contribution in [0.3, 0.4) is 0 Å². The number of rotatable bonds is 7. The van der Waals surface area contributed by atoms with E-state index in [1.807, 2.05) is 30.3 Å². The fourth-order valence-electron chi connectivity index (χ4n) is 3.33. The topological polar surface area (TPSA) is 55.8 Å². The number of nitrogens with one attached hydrogen (secondary N) is 1. The fraction of sp³-hybridized carbons (Fsp3) is 0.632. The third kappa shape index (κ3) is 5.03. The van der Waals surface area contributed by atoms with E-state index in [1.54, 1.807) is 0 Å². The lowest BCUT2D eigenvalue weighted by atomic mass is 10.1. The van der Waals surface area contributed by atoms with Crippen LogP contribution < -0.4 is 5.32 Å². The fourth-order valence-corrected chi connectivity index (χ4v) is 3.33. The van der Waals surface area contributed by atoms with Crippen molar-refractivity contribution in [1.29, 1.82) is 0 Å². The Kier molecular flexibility index (Phi) is 5.87. The minimum absolute atomic E-state index is 0.145. The summed E-state index contributed by atoms with van der Waals surface area (Å²) in [5, 5.41) is 13.4. The van der Waals surface area contributed by atoms with E-state index in [2.05, 4.69) is 22.0 Å². The van der Waals surface area contributed by atoms with Crippen LogP contribution in [0.25, 0.3) is 0 Å². The zero-order chi connectivity index (χ0) is 16.9. The molecule has 1 saturated heterocycles. The molecule has 0 spiro atoms. The molecular weight excluding hydrogens is 302 g/mol. The third-order valence-electron chi connectivity index (χ3n) is 5.09. The molecule has 2 atom stereocenters. The summed E-state index contributed by atoms with van der Waals surface area (Å²) in [6.07, 6.45) is 2.07. The van der Waals surface area contributed by atoms with Crippen LogP contribution in [0.1, 0.15) is 31.4 Å². The lowest BCUT2D eigenvalue weighted by molar-refractivity contribution is -0.123. The van der Waals surface area contributed by atoms with Crippen LogP contribution in [0.4, 0.5) is 0 Å². The van der Waals surface area contributed by atoms with Gasteiger partial charge in [0.2, 0.25) is 5.91 Å². The first-order valence-electron chi connectivity index (χ1n) is 9.08. The van der Waals surface area contributed by atoms with E-state index >= 15 is 0 Å². The van der Waals surface area contributed by atoms with Crippen LogP contribution in [0.15, 0.2) is 30.3 Å². The molecule has 0 bridgehead atoms. The van der Waals surface area contributed by atoms with E-state index in [-0.39, 0.29) is 5.91 Å². The summed E-state index contributed by atoms with van der Waals surface area (Å²) in [7, 11) is 0. The molecule has 2 unspecified atom stereocenters. The van der Waals surface area contributed by atoms with E-state index in [4.69, 9.17) is 0 Å². The molecule has 24 heavy (non-hydrogen) atoms. The van der Waals surface area contributed by atoms with E-state index in [1.165, 1.54) is 12.8 Å². The first-order chi connectivity index (χ1) is 11.6. The third-order valence-corrected chi connectivity index (χ3v) is 5.09. The predicted molar refractivity (Wildman–Crippen MR) is 94.6 cm³/mol. The number of β-amino-alcohol motifs (C(OH)–C–C–N with tert-alkyl or cyclic N) is 1. The number of amides is 1. The maximum Gasteiger partial charge on any atom is 0.234 e. The molecule has 1 saturated carbocycles. The van der Waals surface area contributed by atoms with Crippen molar-refractivity contribution in [3.63, 3.8) is 0 Å². The second-order valence-electron chi connectivity index (χ2n) is 7.25. The highest BCUT2D eigenvalue weighted by atomic mass is 16.3. The van der Waals surface area contributed by atoms with Crippen molar-refractivity contribution in [2.24, 2.45) is 5.92 Å². The van der Waals surface area contributed by atoms with Crippen molar-refractivity contribution in [1.82, 2.24) is 15.1 Å². The standard InChI is InChI=1S/C19H29N3O2/c1-15-12-21(14-19(24)20-11-16-7-8-16)9-10-22(15)13-18(23)17-5-3-2-4-6-17/h2-6,15-16,18,23H,7-14H2,1H3,(H,20,24). The van der Waals surface area contributed by atoms with Gasteiger partial charge in [0.1, 0.15) is 0 Å². The Hall–Kier alpha value is -1.43. The second-order valence-corrected chi connectivity index (χ2v) is 7.25. The first kappa shape index (κ1) is 17.4. The van der Waals surface area contributed by atoms with Crippen LogP contribution >= 0.6 is 0 Å². The lowest BCUT2D eigenvalue weighted by Gasteiger charge is -2.40. The summed E-state index contributed by atoms with van der Waals surface area (Å²) < 4.78 is 0. The molecule has 0 aromatic heterocycles. The number of aliphatic hydroxyl groups excluding tert-OH is 1. The van der Waals surface area contributed by atoms with Gasteiger partial charge in [0.15, 0.2) is 0 Å². The van der Waals surface area contributed by atoms with Crippen LogP contribution in [-0.2, 0) is 4.79 Å². The molecule has 2 N–H and O–H groups in total. The number of aliphatic hydroxyl groups is 1. The van der Waals surface area contributed by atoms with Crippen molar-refractivity contribution >= 4 is 5.91 Å². The van der Waals surface area contributed by atoms with Gasteiger partial charge in [-0.3, -0.25) is 14.6 Å². The summed E-state index contributed by atoms with van der Waals surface area (Å²) in [6.45, 7) is 6.80. The Morgan fingerprint density at radius 1 is 1.29 bits per heavy atom. The lowest BCUT2D eigenvalue weighted by Crippen LogP contribution is -2.54. The van der Waals surface area contributed by atoms with E-state index in [0.717, 1.165) is 37.7 Å². The molecule has 1 heterocycles. The molecule has 1 aliphatic heterocycles. The molecule has 5 heteroatoms. The summed E-state index contributed by atoms with van der Waals surface area (Å²) in [4.78, 5) is 16.5. The Morgan fingerprint density at radius 2 is 2.04 bits per heavy atom. The Morgan fingerprint density at radius 3 is 2.71 bits per heavy atom. The summed E-state index contributed by atoms with van der Waals surface area (Å²) in [5.74, 6) is 0.871. The second kappa shape index (κ2) is 8.10. The van der Waals surface area contributed by atoms with Crippen molar-refractivity contribution in [3.05, 3.63) is 35.9 Å². The number of nitrogens with zero attached hydrogens (tertiary/aromatic N) is 2. The first-order valence-corrected chi connectivity index (χ1v) is 9.08. The molecule has 1 aromatic rings. The monoisotopic (exact) mass is 331 g/mol. The average molecular weight is 331 g/mol. The average Bonchev–Trinajstić information content (AvgIpc) is 3.40. The zero-order valence-electron chi connectivity index (χ0n) is 14.5. The van der Waals surface area contributed by atoms with Crippen molar-refractivity contribution in [2.75, 3.05) is 39.3 Å². The molecule has 2 fully saturated rings. The number of hydrogen-bond acceptors (Lipinski definition) is 4. The van der Waals surface area contributed by atoms with Gasteiger partial charge in [0.25, 0.3) is 0 Å². The predicted octanol–water partition coefficient (Wildman–Crippen LogP) is 1.25. The van der Waals surface area contributed by atoms with Crippen LogP contribution in [-0.4, -0.2) is 66.1 Å². The number of carbonyl (C=O) groups excluding carboxylic acids is 1. The maximum absolute atomic E-state index is 12.0. The van der Waals surface area contributed by atoms with E-state index in [0.29, 0.717) is 19.1 Å². The van der Waals surface area contributed by atoms with E-state index in [9.17, 15) is 9.90 Å². The van der Waals surface area contributed by atoms with Crippen LogP contribution in [0.5, 0.6) is 0 Å². The van der Waals surface area contributed by atoms with Crippen molar-refractivity contribution < 1.29 is 9.90 Å². The summed E-state index contributed by atoms with van der Waals surface area (Å²) in [5.41, 5.74) is 0.964. The maximum atomic E-state index is 12.0. The van der Waals surface area contributed by atoms with E-state index < -0.39 is 6.10 Å².